The molecular weight excluding hydrogens is 588 g/mol. The number of aliphatic hydroxyl groups is 1. The molecule has 1 N–H and O–H groups in total. The summed E-state index contributed by atoms with van der Waals surface area (Å²) in [5.74, 6) is -8.49. The largest absolute Gasteiger partial charge is 0.465 e. The lowest BCUT2D eigenvalue weighted by atomic mass is 9.55. The van der Waals surface area contributed by atoms with E-state index in [-0.39, 0.29) is 24.7 Å². The van der Waals surface area contributed by atoms with Crippen LogP contribution < -0.4 is 0 Å². The fourth-order valence-corrected chi connectivity index (χ4v) is 9.27. The number of hydrogen-bond acceptors (Lipinski definition) is 12. The van der Waals surface area contributed by atoms with Gasteiger partial charge in [0.2, 0.25) is 5.78 Å². The second kappa shape index (κ2) is 11.7. The number of carbonyl (C=O) groups excluding carboxylic acids is 6. The molecule has 45 heavy (non-hydrogen) atoms. The molecule has 0 heterocycles. The van der Waals surface area contributed by atoms with Crippen molar-refractivity contribution >= 4 is 35.6 Å². The van der Waals surface area contributed by atoms with E-state index in [1.807, 2.05) is 13.8 Å². The molecule has 0 aromatic carbocycles. The number of carbonyl (C=O) groups is 6. The zero-order chi connectivity index (χ0) is 34.0. The number of hydrogen-bond donors (Lipinski definition) is 1. The molecule has 0 aliphatic heterocycles. The van der Waals surface area contributed by atoms with E-state index in [0.717, 1.165) is 6.92 Å². The summed E-state index contributed by atoms with van der Waals surface area (Å²) in [5, 5.41) is 12.6. The smallest absolute Gasteiger partial charge is 0.308 e. The Hall–Kier alpha value is -3.02. The van der Waals surface area contributed by atoms with Gasteiger partial charge in [-0.25, -0.2) is 0 Å². The Labute approximate surface area is 264 Å². The van der Waals surface area contributed by atoms with Crippen molar-refractivity contribution in [3.8, 4) is 0 Å². The maximum atomic E-state index is 15.0. The van der Waals surface area contributed by atoms with Gasteiger partial charge in [0.05, 0.1) is 17.3 Å². The van der Waals surface area contributed by atoms with Gasteiger partial charge in [-0.1, -0.05) is 34.6 Å². The topological polar surface area (TPSA) is 169 Å². The van der Waals surface area contributed by atoms with Crippen LogP contribution in [0.25, 0.3) is 0 Å². The molecular formula is C33H48O12. The van der Waals surface area contributed by atoms with E-state index >= 15 is 4.79 Å². The number of fused-ring (bicyclic) bond motifs is 4. The quantitative estimate of drug-likeness (QED) is 0.306. The molecule has 12 nitrogen and oxygen atoms in total. The second-order valence-corrected chi connectivity index (χ2v) is 14.6. The minimum Gasteiger partial charge on any atom is -0.465 e. The van der Waals surface area contributed by atoms with E-state index < -0.39 is 106 Å². The predicted molar refractivity (Wildman–Crippen MR) is 156 cm³/mol. The highest BCUT2D eigenvalue weighted by Crippen LogP contribution is 2.76. The van der Waals surface area contributed by atoms with Crippen LogP contribution in [-0.2, 0) is 52.5 Å². The van der Waals surface area contributed by atoms with Crippen LogP contribution in [-0.4, -0.2) is 76.9 Å². The molecule has 0 spiro atoms. The Morgan fingerprint density at radius 2 is 1.51 bits per heavy atom. The predicted octanol–water partition coefficient (Wildman–Crippen LogP) is 2.94. The highest BCUT2D eigenvalue weighted by atomic mass is 16.6. The van der Waals surface area contributed by atoms with E-state index in [1.165, 1.54) is 27.7 Å². The van der Waals surface area contributed by atoms with Crippen molar-refractivity contribution in [2.45, 2.75) is 118 Å². The molecule has 0 radical (unpaired) electrons. The molecule has 0 bridgehead atoms. The lowest BCUT2D eigenvalue weighted by Crippen LogP contribution is -2.66. The minimum absolute atomic E-state index is 0.123. The highest BCUT2D eigenvalue weighted by molar-refractivity contribution is 5.98. The van der Waals surface area contributed by atoms with Crippen LogP contribution in [0.5, 0.6) is 0 Å². The third-order valence-corrected chi connectivity index (χ3v) is 11.3. The van der Waals surface area contributed by atoms with Gasteiger partial charge in [-0.3, -0.25) is 28.8 Å². The normalized spacial score (nSPS) is 41.6. The summed E-state index contributed by atoms with van der Waals surface area (Å²) in [4.78, 5) is 79.4. The summed E-state index contributed by atoms with van der Waals surface area (Å²) >= 11 is 0. The van der Waals surface area contributed by atoms with Gasteiger partial charge >= 0.3 is 29.8 Å². The first kappa shape index (κ1) is 34.8. The van der Waals surface area contributed by atoms with E-state index in [2.05, 4.69) is 0 Å². The van der Waals surface area contributed by atoms with Crippen molar-refractivity contribution in [3.05, 3.63) is 0 Å². The summed E-state index contributed by atoms with van der Waals surface area (Å²) in [6.45, 7) is 14.8. The molecule has 4 aliphatic rings. The molecule has 4 saturated carbocycles. The Balaban J connectivity index is 2.17. The average molecular weight is 637 g/mol. The minimum atomic E-state index is -2.32. The van der Waals surface area contributed by atoms with Crippen LogP contribution in [0.4, 0.5) is 0 Å². The summed E-state index contributed by atoms with van der Waals surface area (Å²) in [7, 11) is 0. The third kappa shape index (κ3) is 5.44. The van der Waals surface area contributed by atoms with Crippen molar-refractivity contribution in [1.82, 2.24) is 0 Å². The average Bonchev–Trinajstić information content (AvgIpc) is 3.36. The zero-order valence-electron chi connectivity index (χ0n) is 28.0. The zero-order valence-corrected chi connectivity index (χ0v) is 28.0. The number of ketones is 1. The van der Waals surface area contributed by atoms with Crippen LogP contribution in [0, 0.1) is 46.3 Å². The highest BCUT2D eigenvalue weighted by Gasteiger charge is 2.84. The van der Waals surface area contributed by atoms with Crippen LogP contribution in [0.2, 0.25) is 0 Å². The Kier molecular flexibility index (Phi) is 9.02. The molecule has 12 unspecified atom stereocenters. The Morgan fingerprint density at radius 1 is 0.911 bits per heavy atom. The van der Waals surface area contributed by atoms with Gasteiger partial charge in [0, 0.05) is 33.6 Å². The number of ether oxygens (including phenoxy) is 5. The van der Waals surface area contributed by atoms with Gasteiger partial charge in [0.25, 0.3) is 0 Å². The standard InChI is InChI=1S/C33H48O12/c1-11-15(2)28(38)44-27-24-25(43-19(6)36)16(3)13-33(24,40)29(39)31(10,45-20(7)37)26-23-21(30(23,8)9)12-22(42-18(5)35)32(26,27)14-41-17(4)34/h15-16,21-27,40H,11-14H2,1-10H3. The molecule has 4 aliphatic carbocycles. The van der Waals surface area contributed by atoms with E-state index in [4.69, 9.17) is 23.7 Å². The van der Waals surface area contributed by atoms with Crippen LogP contribution in [0.3, 0.4) is 0 Å². The monoisotopic (exact) mass is 636 g/mol. The molecule has 0 amide bonds. The van der Waals surface area contributed by atoms with Crippen molar-refractivity contribution < 1.29 is 57.6 Å². The second-order valence-electron chi connectivity index (χ2n) is 14.6. The molecule has 12 heteroatoms. The number of Topliss-reactive ketones (excluding diaryl/α,β-unsaturated/α-hetero) is 1. The Bertz CT molecular complexity index is 1270. The first-order valence-corrected chi connectivity index (χ1v) is 15.8. The molecule has 12 atom stereocenters. The van der Waals surface area contributed by atoms with E-state index in [0.29, 0.717) is 6.42 Å². The van der Waals surface area contributed by atoms with Gasteiger partial charge in [-0.2, -0.15) is 0 Å². The third-order valence-electron chi connectivity index (χ3n) is 11.3. The van der Waals surface area contributed by atoms with Crippen LogP contribution in [0.15, 0.2) is 0 Å². The number of rotatable bonds is 8. The van der Waals surface area contributed by atoms with Crippen molar-refractivity contribution in [2.75, 3.05) is 6.61 Å². The number of esters is 5. The van der Waals surface area contributed by atoms with E-state index in [1.54, 1.807) is 20.8 Å². The maximum Gasteiger partial charge on any atom is 0.308 e. The van der Waals surface area contributed by atoms with Gasteiger partial charge < -0.3 is 28.8 Å². The van der Waals surface area contributed by atoms with E-state index in [9.17, 15) is 29.1 Å². The van der Waals surface area contributed by atoms with Crippen molar-refractivity contribution in [2.24, 2.45) is 46.3 Å². The first-order chi connectivity index (χ1) is 20.7. The lowest BCUT2D eigenvalue weighted by molar-refractivity contribution is -0.240. The molecule has 4 rings (SSSR count). The SMILES string of the molecule is CCC(C)C(=O)OC1C2C(OC(C)=O)C(C)CC2(O)C(=O)C(C)(OC(C)=O)C2C3C(CC(OC(C)=O)C12COC(C)=O)C3(C)C. The molecule has 0 aromatic heterocycles. The molecule has 0 saturated heterocycles. The fraction of sp³-hybridized carbons (Fsp3) is 0.818. The van der Waals surface area contributed by atoms with Gasteiger partial charge in [0.1, 0.15) is 30.5 Å². The summed E-state index contributed by atoms with van der Waals surface area (Å²) < 4.78 is 29.9. The van der Waals surface area contributed by atoms with Crippen LogP contribution in [0.1, 0.15) is 88.5 Å². The van der Waals surface area contributed by atoms with Gasteiger partial charge in [-0.05, 0) is 49.4 Å². The first-order valence-electron chi connectivity index (χ1n) is 15.8. The van der Waals surface area contributed by atoms with Crippen LogP contribution >= 0.6 is 0 Å². The van der Waals surface area contributed by atoms with Crippen molar-refractivity contribution in [3.63, 3.8) is 0 Å². The summed E-state index contributed by atoms with van der Waals surface area (Å²) in [5.41, 5.74) is -6.57. The van der Waals surface area contributed by atoms with Crippen molar-refractivity contribution in [1.29, 1.82) is 0 Å². The van der Waals surface area contributed by atoms with Gasteiger partial charge in [0.15, 0.2) is 5.60 Å². The fourth-order valence-electron chi connectivity index (χ4n) is 9.27. The van der Waals surface area contributed by atoms with Gasteiger partial charge in [-0.15, -0.1) is 0 Å². The lowest BCUT2D eigenvalue weighted by Gasteiger charge is -2.55. The molecule has 252 valence electrons. The summed E-state index contributed by atoms with van der Waals surface area (Å²) in [6, 6.07) is 0. The maximum absolute atomic E-state index is 15.0. The molecule has 4 fully saturated rings. The Morgan fingerprint density at radius 3 is 2.02 bits per heavy atom. The summed E-state index contributed by atoms with van der Waals surface area (Å²) in [6.07, 6.45) is -3.27. The molecule has 0 aromatic rings.